The van der Waals surface area contributed by atoms with Crippen molar-refractivity contribution in [3.8, 4) is 28.9 Å². The molecule has 16 heteroatoms. The molecule has 0 saturated heterocycles. The van der Waals surface area contributed by atoms with E-state index >= 15 is 4.39 Å². The molecule has 3 aromatic carbocycles. The number of nitrogens with one attached hydrogen (secondary N) is 1. The summed E-state index contributed by atoms with van der Waals surface area (Å²) in [7, 11) is 4.62. The first kappa shape index (κ1) is 34.8. The van der Waals surface area contributed by atoms with Crippen LogP contribution in [0.1, 0.15) is 16.1 Å². The van der Waals surface area contributed by atoms with E-state index in [1.165, 1.54) is 43.1 Å². The van der Waals surface area contributed by atoms with Crippen molar-refractivity contribution in [1.29, 1.82) is 0 Å². The highest BCUT2D eigenvalue weighted by Gasteiger charge is 2.31. The lowest BCUT2D eigenvalue weighted by Crippen LogP contribution is -2.26. The third-order valence-corrected chi connectivity index (χ3v) is 7.28. The Morgan fingerprint density at radius 2 is 1.57 bits per heavy atom. The predicted octanol–water partition coefficient (Wildman–Crippen LogP) is 5.92. The third-order valence-electron chi connectivity index (χ3n) is 7.28. The van der Waals surface area contributed by atoms with E-state index in [1.54, 1.807) is 26.3 Å². The second-order valence-corrected chi connectivity index (χ2v) is 10.5. The molecule has 2 heterocycles. The molecular formula is C33H30F4N4O8. The molecule has 0 aliphatic rings. The minimum Gasteiger partial charge on any atom is -0.487 e. The number of aryl methyl sites for hydroxylation is 1. The number of halogens is 4. The van der Waals surface area contributed by atoms with E-state index < -0.39 is 29.3 Å². The van der Waals surface area contributed by atoms with Crippen molar-refractivity contribution in [2.24, 2.45) is 7.05 Å². The van der Waals surface area contributed by atoms with Gasteiger partial charge in [0, 0.05) is 44.8 Å². The van der Waals surface area contributed by atoms with Crippen LogP contribution in [0.5, 0.6) is 28.9 Å². The van der Waals surface area contributed by atoms with E-state index in [1.807, 2.05) is 0 Å². The Morgan fingerprint density at radius 3 is 2.22 bits per heavy atom. The number of pyridine rings is 1. The van der Waals surface area contributed by atoms with Crippen molar-refractivity contribution in [2.45, 2.75) is 13.3 Å². The van der Waals surface area contributed by atoms with Gasteiger partial charge in [-0.05, 0) is 43.3 Å². The molecule has 0 fully saturated rings. The number of alkyl halides is 3. The number of carbonyl (C=O) groups is 1. The highest BCUT2D eigenvalue weighted by molar-refractivity contribution is 6.07. The maximum atomic E-state index is 15.4. The Kier molecular flexibility index (Phi) is 10.5. The number of anilines is 1. The smallest absolute Gasteiger partial charge is 0.487 e. The molecule has 5 aromatic rings. The van der Waals surface area contributed by atoms with Crippen molar-refractivity contribution in [3.05, 3.63) is 82.2 Å². The van der Waals surface area contributed by atoms with Gasteiger partial charge in [-0.3, -0.25) is 9.59 Å². The van der Waals surface area contributed by atoms with Crippen LogP contribution in [-0.4, -0.2) is 67.5 Å². The third kappa shape index (κ3) is 7.98. The topological polar surface area (TPSA) is 132 Å². The van der Waals surface area contributed by atoms with Crippen LogP contribution in [0.3, 0.4) is 0 Å². The van der Waals surface area contributed by atoms with E-state index in [-0.39, 0.29) is 52.7 Å². The van der Waals surface area contributed by atoms with E-state index in [9.17, 15) is 22.8 Å². The van der Waals surface area contributed by atoms with Gasteiger partial charge in [-0.1, -0.05) is 0 Å². The Bertz CT molecular complexity index is 2070. The molecule has 49 heavy (non-hydrogen) atoms. The van der Waals surface area contributed by atoms with Crippen molar-refractivity contribution in [3.63, 3.8) is 0 Å². The fourth-order valence-electron chi connectivity index (χ4n) is 4.88. The van der Waals surface area contributed by atoms with Crippen molar-refractivity contribution in [2.75, 3.05) is 46.0 Å². The molecule has 1 amide bonds. The molecular weight excluding hydrogens is 656 g/mol. The van der Waals surface area contributed by atoms with Gasteiger partial charge in [0.1, 0.15) is 30.9 Å². The lowest BCUT2D eigenvalue weighted by molar-refractivity contribution is -0.274. The van der Waals surface area contributed by atoms with Crippen LogP contribution in [0.25, 0.3) is 21.8 Å². The number of amides is 1. The number of nitrogens with zero attached hydrogens (tertiary/aromatic N) is 3. The SMILES string of the molecule is COCCOc1cc2ncnc(Oc3ccc(NC(=O)c4c(C)n(C)c5ccc(OC(F)(F)F)cc5c4=O)cc3F)c2cc1OCCOC. The van der Waals surface area contributed by atoms with Gasteiger partial charge >= 0.3 is 6.36 Å². The first-order valence-corrected chi connectivity index (χ1v) is 14.6. The first-order valence-electron chi connectivity index (χ1n) is 14.6. The van der Waals surface area contributed by atoms with Crippen LogP contribution >= 0.6 is 0 Å². The van der Waals surface area contributed by atoms with Gasteiger partial charge in [-0.2, -0.15) is 0 Å². The van der Waals surface area contributed by atoms with Crippen LogP contribution in [-0.2, 0) is 16.5 Å². The van der Waals surface area contributed by atoms with Gasteiger partial charge in [0.05, 0.1) is 35.0 Å². The normalized spacial score (nSPS) is 11.5. The quantitative estimate of drug-likeness (QED) is 0.118. The molecule has 12 nitrogen and oxygen atoms in total. The number of aromatic nitrogens is 3. The van der Waals surface area contributed by atoms with Crippen LogP contribution in [0, 0.1) is 12.7 Å². The van der Waals surface area contributed by atoms with E-state index in [2.05, 4.69) is 20.0 Å². The zero-order chi connectivity index (χ0) is 35.3. The first-order chi connectivity index (χ1) is 23.4. The predicted molar refractivity (Wildman–Crippen MR) is 169 cm³/mol. The summed E-state index contributed by atoms with van der Waals surface area (Å²) in [4.78, 5) is 35.0. The number of methoxy groups -OCH3 is 2. The summed E-state index contributed by atoms with van der Waals surface area (Å²) in [6.45, 7) is 2.61. The number of fused-ring (bicyclic) bond motifs is 2. The van der Waals surface area contributed by atoms with Crippen molar-refractivity contribution in [1.82, 2.24) is 14.5 Å². The molecule has 5 rings (SSSR count). The van der Waals surface area contributed by atoms with Crippen LogP contribution in [0.2, 0.25) is 0 Å². The summed E-state index contributed by atoms with van der Waals surface area (Å²) in [6, 6.07) is 10.1. The fraction of sp³-hybridized carbons (Fsp3) is 0.273. The second-order valence-electron chi connectivity index (χ2n) is 10.5. The molecule has 0 saturated carbocycles. The maximum Gasteiger partial charge on any atom is 0.573 e. The van der Waals surface area contributed by atoms with Gasteiger partial charge in [0.15, 0.2) is 23.1 Å². The summed E-state index contributed by atoms with van der Waals surface area (Å²) in [6.07, 6.45) is -3.74. The average molecular weight is 687 g/mol. The molecule has 0 bridgehead atoms. The Balaban J connectivity index is 1.40. The summed E-state index contributed by atoms with van der Waals surface area (Å²) in [5.41, 5.74) is -0.267. The number of benzene rings is 3. The maximum absolute atomic E-state index is 15.4. The van der Waals surface area contributed by atoms with Crippen LogP contribution < -0.4 is 29.7 Å². The molecule has 258 valence electrons. The molecule has 1 N–H and O–H groups in total. The molecule has 2 aromatic heterocycles. The van der Waals surface area contributed by atoms with Gasteiger partial charge in [-0.25, -0.2) is 14.4 Å². The molecule has 0 aliphatic heterocycles. The number of hydrogen-bond acceptors (Lipinski definition) is 10. The zero-order valence-electron chi connectivity index (χ0n) is 26.6. The molecule has 0 unspecified atom stereocenters. The Hall–Kier alpha value is -5.48. The molecule has 0 aliphatic carbocycles. The largest absolute Gasteiger partial charge is 0.573 e. The minimum absolute atomic E-state index is 0.00451. The van der Waals surface area contributed by atoms with E-state index in [0.29, 0.717) is 35.6 Å². The summed E-state index contributed by atoms with van der Waals surface area (Å²) in [5.74, 6) is -1.90. The highest BCUT2D eigenvalue weighted by atomic mass is 19.4. The molecule has 0 spiro atoms. The van der Waals surface area contributed by atoms with Gasteiger partial charge in [0.2, 0.25) is 11.3 Å². The molecule has 0 atom stereocenters. The lowest BCUT2D eigenvalue weighted by Gasteiger charge is -2.16. The van der Waals surface area contributed by atoms with Crippen molar-refractivity contribution < 1.29 is 50.8 Å². The standard InChI is InChI=1S/C33H30F4N4O8/c1-18-29(30(42)22-14-20(49-33(35,36)37)6-7-25(22)41(18)2)31(43)40-19-5-8-26(23(34)13-19)48-32-21-15-27(46-11-9-44-3)28(47-12-10-45-4)16-24(21)38-17-39-32/h5-8,13-17H,9-12H2,1-4H3,(H,40,43). The second kappa shape index (κ2) is 14.7. The summed E-state index contributed by atoms with van der Waals surface area (Å²) in [5, 5.41) is 2.68. The van der Waals surface area contributed by atoms with E-state index in [0.717, 1.165) is 18.2 Å². The van der Waals surface area contributed by atoms with E-state index in [4.69, 9.17) is 23.7 Å². The lowest BCUT2D eigenvalue weighted by atomic mass is 10.1. The summed E-state index contributed by atoms with van der Waals surface area (Å²) < 4.78 is 86.6. The van der Waals surface area contributed by atoms with Gasteiger partial charge in [-0.15, -0.1) is 13.2 Å². The number of carbonyl (C=O) groups excluding carboxylic acids is 1. The van der Waals surface area contributed by atoms with Gasteiger partial charge < -0.3 is 38.3 Å². The number of hydrogen-bond donors (Lipinski definition) is 1. The van der Waals surface area contributed by atoms with Crippen LogP contribution in [0.15, 0.2) is 59.7 Å². The Morgan fingerprint density at radius 1 is 0.878 bits per heavy atom. The molecule has 0 radical (unpaired) electrons. The summed E-state index contributed by atoms with van der Waals surface area (Å²) >= 11 is 0. The minimum atomic E-state index is -4.98. The van der Waals surface area contributed by atoms with Crippen LogP contribution in [0.4, 0.5) is 23.2 Å². The zero-order valence-corrected chi connectivity index (χ0v) is 26.6. The Labute approximate surface area is 276 Å². The monoisotopic (exact) mass is 686 g/mol. The van der Waals surface area contributed by atoms with Gasteiger partial charge in [0.25, 0.3) is 5.91 Å². The average Bonchev–Trinajstić information content (AvgIpc) is 3.05. The fourth-order valence-corrected chi connectivity index (χ4v) is 4.88. The number of ether oxygens (including phenoxy) is 6. The van der Waals surface area contributed by atoms with Crippen molar-refractivity contribution >= 4 is 33.4 Å². The highest BCUT2D eigenvalue weighted by Crippen LogP contribution is 2.37. The number of rotatable bonds is 13.